The molecular weight excluding hydrogens is 150 g/mol. The molecule has 12 heavy (non-hydrogen) atoms. The van der Waals surface area contributed by atoms with Crippen molar-refractivity contribution in [1.29, 1.82) is 0 Å². The predicted molar refractivity (Wildman–Crippen MR) is 49.0 cm³/mol. The van der Waals surface area contributed by atoms with Gasteiger partial charge in [0.2, 0.25) is 0 Å². The zero-order chi connectivity index (χ0) is 8.97. The number of nitrogens with zero attached hydrogens (tertiary/aromatic N) is 1. The molecule has 0 aromatic heterocycles. The Kier molecular flexibility index (Phi) is 2.86. The molecule has 0 N–H and O–H groups in total. The molecule has 1 aliphatic carbocycles. The summed E-state index contributed by atoms with van der Waals surface area (Å²) in [5, 5.41) is 11.3. The lowest BCUT2D eigenvalue weighted by atomic mass is 10.0. The van der Waals surface area contributed by atoms with Gasteiger partial charge < -0.3 is 5.11 Å². The molecule has 0 bridgehead atoms. The van der Waals surface area contributed by atoms with Gasteiger partial charge in [0, 0.05) is 7.05 Å². The summed E-state index contributed by atoms with van der Waals surface area (Å²) in [6.45, 7) is 1.86. The summed E-state index contributed by atoms with van der Waals surface area (Å²) in [4.78, 5) is 4.02. The fourth-order valence-corrected chi connectivity index (χ4v) is 1.09. The Labute approximate surface area is 72.6 Å². The van der Waals surface area contributed by atoms with Crippen LogP contribution < -0.4 is 5.11 Å². The SMILES string of the molecule is CCC([O-])=C1C=CC=CC1=NC. The molecule has 1 aliphatic rings. The Morgan fingerprint density at radius 2 is 2.08 bits per heavy atom. The maximum atomic E-state index is 11.3. The van der Waals surface area contributed by atoms with Crippen LogP contribution in [0.25, 0.3) is 0 Å². The number of allylic oxidation sites excluding steroid dienone is 6. The van der Waals surface area contributed by atoms with Crippen LogP contribution in [0.15, 0.2) is 40.6 Å². The standard InChI is InChI=1S/C10H13NO/c1-3-10(12)8-6-4-5-7-9(8)11-2/h4-7,12H,3H2,1-2H3/p-1. The molecule has 0 aromatic carbocycles. The molecule has 0 spiro atoms. The second-order valence-corrected chi connectivity index (χ2v) is 2.52. The summed E-state index contributed by atoms with van der Waals surface area (Å²) in [6.07, 6.45) is 7.94. The van der Waals surface area contributed by atoms with Gasteiger partial charge in [0.15, 0.2) is 0 Å². The van der Waals surface area contributed by atoms with Crippen LogP contribution in [0.5, 0.6) is 0 Å². The van der Waals surface area contributed by atoms with Crippen LogP contribution in [0.3, 0.4) is 0 Å². The molecule has 0 saturated heterocycles. The van der Waals surface area contributed by atoms with E-state index in [-0.39, 0.29) is 5.76 Å². The molecule has 64 valence electrons. The van der Waals surface area contributed by atoms with Gasteiger partial charge in [0.05, 0.1) is 5.71 Å². The van der Waals surface area contributed by atoms with Crippen LogP contribution in [0.2, 0.25) is 0 Å². The number of hydrogen-bond acceptors (Lipinski definition) is 2. The Morgan fingerprint density at radius 1 is 1.42 bits per heavy atom. The third kappa shape index (κ3) is 1.64. The fraction of sp³-hybridized carbons (Fsp3) is 0.300. The number of aliphatic imine (C=N–C) groups is 1. The van der Waals surface area contributed by atoms with Crippen LogP contribution in [0.4, 0.5) is 0 Å². The molecule has 1 rings (SSSR count). The van der Waals surface area contributed by atoms with E-state index >= 15 is 0 Å². The van der Waals surface area contributed by atoms with Crippen molar-refractivity contribution in [2.45, 2.75) is 13.3 Å². The third-order valence-electron chi connectivity index (χ3n) is 1.77. The first-order valence-electron chi connectivity index (χ1n) is 4.01. The van der Waals surface area contributed by atoms with Crippen LogP contribution >= 0.6 is 0 Å². The Hall–Kier alpha value is -1.31. The molecule has 0 fully saturated rings. The van der Waals surface area contributed by atoms with Gasteiger partial charge in [-0.15, -0.1) is 5.76 Å². The van der Waals surface area contributed by atoms with Gasteiger partial charge in [-0.3, -0.25) is 4.99 Å². The molecule has 2 heteroatoms. The van der Waals surface area contributed by atoms with Crippen molar-refractivity contribution in [2.24, 2.45) is 4.99 Å². The minimum Gasteiger partial charge on any atom is -0.875 e. The summed E-state index contributed by atoms with van der Waals surface area (Å²) in [5.74, 6) is 0.149. The number of rotatable bonds is 1. The molecular formula is C10H12NO-. The second kappa shape index (κ2) is 3.90. The molecule has 2 nitrogen and oxygen atoms in total. The largest absolute Gasteiger partial charge is 0.875 e. The first-order valence-corrected chi connectivity index (χ1v) is 4.01. The minimum atomic E-state index is 0.149. The molecule has 0 heterocycles. The van der Waals surface area contributed by atoms with E-state index in [1.807, 2.05) is 31.2 Å². The summed E-state index contributed by atoms with van der Waals surface area (Å²) in [6, 6.07) is 0. The Bertz CT molecular complexity index is 282. The van der Waals surface area contributed by atoms with Crippen LogP contribution in [0.1, 0.15) is 13.3 Å². The summed E-state index contributed by atoms with van der Waals surface area (Å²) < 4.78 is 0. The third-order valence-corrected chi connectivity index (χ3v) is 1.77. The highest BCUT2D eigenvalue weighted by Crippen LogP contribution is 2.12. The van der Waals surface area contributed by atoms with E-state index < -0.39 is 0 Å². The van der Waals surface area contributed by atoms with Crippen molar-refractivity contribution in [2.75, 3.05) is 7.05 Å². The van der Waals surface area contributed by atoms with Crippen LogP contribution in [-0.2, 0) is 0 Å². The van der Waals surface area contributed by atoms with E-state index in [4.69, 9.17) is 0 Å². The van der Waals surface area contributed by atoms with E-state index in [9.17, 15) is 5.11 Å². The van der Waals surface area contributed by atoms with Gasteiger partial charge in [-0.25, -0.2) is 0 Å². The quantitative estimate of drug-likeness (QED) is 0.534. The summed E-state index contributed by atoms with van der Waals surface area (Å²) in [5.41, 5.74) is 1.51. The molecule has 0 aliphatic heterocycles. The van der Waals surface area contributed by atoms with E-state index in [1.165, 1.54) is 0 Å². The van der Waals surface area contributed by atoms with Crippen LogP contribution in [0, 0.1) is 0 Å². The van der Waals surface area contributed by atoms with Crippen molar-refractivity contribution in [3.63, 3.8) is 0 Å². The van der Waals surface area contributed by atoms with Crippen molar-refractivity contribution >= 4 is 5.71 Å². The lowest BCUT2D eigenvalue weighted by Gasteiger charge is -2.16. The van der Waals surface area contributed by atoms with E-state index in [0.717, 1.165) is 11.3 Å². The maximum absolute atomic E-state index is 11.3. The van der Waals surface area contributed by atoms with Gasteiger partial charge in [-0.2, -0.15) is 0 Å². The number of hydrogen-bond donors (Lipinski definition) is 0. The van der Waals surface area contributed by atoms with E-state index in [0.29, 0.717) is 6.42 Å². The molecule has 0 unspecified atom stereocenters. The molecule has 0 atom stereocenters. The van der Waals surface area contributed by atoms with E-state index in [2.05, 4.69) is 4.99 Å². The van der Waals surface area contributed by atoms with Crippen LogP contribution in [-0.4, -0.2) is 12.8 Å². The first-order chi connectivity index (χ1) is 5.79. The fourth-order valence-electron chi connectivity index (χ4n) is 1.09. The van der Waals surface area contributed by atoms with Crippen molar-refractivity contribution in [3.8, 4) is 0 Å². The second-order valence-electron chi connectivity index (χ2n) is 2.52. The minimum absolute atomic E-state index is 0.149. The van der Waals surface area contributed by atoms with Gasteiger partial charge >= 0.3 is 0 Å². The molecule has 0 aromatic rings. The van der Waals surface area contributed by atoms with Gasteiger partial charge in [0.1, 0.15) is 0 Å². The normalized spacial score (nSPS) is 23.3. The topological polar surface area (TPSA) is 35.4 Å². The Balaban J connectivity index is 3.06. The van der Waals surface area contributed by atoms with Crippen molar-refractivity contribution in [1.82, 2.24) is 0 Å². The lowest BCUT2D eigenvalue weighted by Crippen LogP contribution is -2.12. The summed E-state index contributed by atoms with van der Waals surface area (Å²) in [7, 11) is 1.70. The summed E-state index contributed by atoms with van der Waals surface area (Å²) >= 11 is 0. The zero-order valence-electron chi connectivity index (χ0n) is 7.37. The van der Waals surface area contributed by atoms with Gasteiger partial charge in [-0.1, -0.05) is 25.2 Å². The lowest BCUT2D eigenvalue weighted by molar-refractivity contribution is -0.306. The average Bonchev–Trinajstić information content (AvgIpc) is 2.16. The molecule has 0 saturated carbocycles. The van der Waals surface area contributed by atoms with Gasteiger partial charge in [-0.05, 0) is 18.1 Å². The highest BCUT2D eigenvalue weighted by Gasteiger charge is 2.02. The van der Waals surface area contributed by atoms with Crippen molar-refractivity contribution < 1.29 is 5.11 Å². The first kappa shape index (κ1) is 8.78. The average molecular weight is 162 g/mol. The Morgan fingerprint density at radius 3 is 2.67 bits per heavy atom. The van der Waals surface area contributed by atoms with E-state index in [1.54, 1.807) is 7.05 Å². The van der Waals surface area contributed by atoms with Gasteiger partial charge in [0.25, 0.3) is 0 Å². The highest BCUT2D eigenvalue weighted by atomic mass is 16.3. The smallest absolute Gasteiger partial charge is 0.0633 e. The van der Waals surface area contributed by atoms with Crippen molar-refractivity contribution in [3.05, 3.63) is 35.6 Å². The highest BCUT2D eigenvalue weighted by molar-refractivity contribution is 6.11. The monoisotopic (exact) mass is 162 g/mol. The molecule has 0 radical (unpaired) electrons. The predicted octanol–water partition coefficient (Wildman–Crippen LogP) is 1.21. The maximum Gasteiger partial charge on any atom is 0.0633 e. The molecule has 0 amide bonds. The zero-order valence-corrected chi connectivity index (χ0v) is 7.37.